The van der Waals surface area contributed by atoms with E-state index in [0.29, 0.717) is 17.1 Å². The molecule has 27 heavy (non-hydrogen) atoms. The minimum Gasteiger partial charge on any atom is -0.490 e. The molecule has 1 amide bonds. The first-order valence-electron chi connectivity index (χ1n) is 8.85. The van der Waals surface area contributed by atoms with Crippen LogP contribution in [0, 0.1) is 0 Å². The first-order chi connectivity index (χ1) is 13.0. The molecule has 0 aliphatic carbocycles. The Morgan fingerprint density at radius 3 is 2.96 bits per heavy atom. The summed E-state index contributed by atoms with van der Waals surface area (Å²) < 4.78 is 7.44. The fraction of sp³-hybridized carbons (Fsp3) is 0.238. The second-order valence-electron chi connectivity index (χ2n) is 6.85. The summed E-state index contributed by atoms with van der Waals surface area (Å²) in [5, 5.41) is 4.63. The lowest BCUT2D eigenvalue weighted by Crippen LogP contribution is -2.26. The Morgan fingerprint density at radius 2 is 2.19 bits per heavy atom. The van der Waals surface area contributed by atoms with Gasteiger partial charge in [-0.2, -0.15) is 5.10 Å². The fourth-order valence-electron chi connectivity index (χ4n) is 3.37. The first-order valence-corrected chi connectivity index (χ1v) is 9.22. The van der Waals surface area contributed by atoms with Crippen LogP contribution < -0.4 is 4.74 Å². The van der Waals surface area contributed by atoms with Crippen LogP contribution in [0.5, 0.6) is 5.75 Å². The van der Waals surface area contributed by atoms with Crippen LogP contribution in [0.25, 0.3) is 5.69 Å². The molecule has 0 bridgehead atoms. The SMILES string of the molecule is C[C@H]1Cc2cc(CN(C)C(=O)c3cc(-n4cccn4)ccc3Cl)ccc2O1. The molecule has 0 radical (unpaired) electrons. The molecule has 0 unspecified atom stereocenters. The summed E-state index contributed by atoms with van der Waals surface area (Å²) in [6.45, 7) is 2.56. The number of aromatic nitrogens is 2. The number of rotatable bonds is 4. The summed E-state index contributed by atoms with van der Waals surface area (Å²) in [6.07, 6.45) is 4.63. The summed E-state index contributed by atoms with van der Waals surface area (Å²) in [4.78, 5) is 14.6. The highest BCUT2D eigenvalue weighted by Gasteiger charge is 2.21. The number of carbonyl (C=O) groups is 1. The number of halogens is 1. The van der Waals surface area contributed by atoms with Crippen molar-refractivity contribution in [3.8, 4) is 11.4 Å². The average Bonchev–Trinajstić information content (AvgIpc) is 3.30. The molecule has 4 rings (SSSR count). The van der Waals surface area contributed by atoms with Gasteiger partial charge < -0.3 is 9.64 Å². The zero-order valence-corrected chi connectivity index (χ0v) is 16.0. The molecule has 6 heteroatoms. The van der Waals surface area contributed by atoms with Crippen LogP contribution in [0.15, 0.2) is 54.9 Å². The van der Waals surface area contributed by atoms with Crippen LogP contribution >= 0.6 is 11.6 Å². The second-order valence-corrected chi connectivity index (χ2v) is 7.26. The van der Waals surface area contributed by atoms with Gasteiger partial charge in [-0.1, -0.05) is 23.7 Å². The first kappa shape index (κ1) is 17.6. The number of ether oxygens (including phenoxy) is 1. The molecule has 2 heterocycles. The van der Waals surface area contributed by atoms with Gasteiger partial charge in [0.05, 0.1) is 16.3 Å². The Labute approximate surface area is 163 Å². The number of hydrogen-bond acceptors (Lipinski definition) is 3. The lowest BCUT2D eigenvalue weighted by atomic mass is 10.1. The third-order valence-corrected chi connectivity index (χ3v) is 5.01. The Kier molecular flexibility index (Phi) is 4.62. The van der Waals surface area contributed by atoms with E-state index in [1.165, 1.54) is 5.56 Å². The maximum atomic E-state index is 13.0. The number of amides is 1. The average molecular weight is 382 g/mol. The van der Waals surface area contributed by atoms with Crippen molar-refractivity contribution in [2.45, 2.75) is 26.0 Å². The van der Waals surface area contributed by atoms with Gasteiger partial charge in [-0.25, -0.2) is 4.68 Å². The molecule has 0 spiro atoms. The highest BCUT2D eigenvalue weighted by molar-refractivity contribution is 6.33. The highest BCUT2D eigenvalue weighted by Crippen LogP contribution is 2.30. The van der Waals surface area contributed by atoms with Crippen molar-refractivity contribution >= 4 is 17.5 Å². The lowest BCUT2D eigenvalue weighted by Gasteiger charge is -2.19. The maximum Gasteiger partial charge on any atom is 0.255 e. The van der Waals surface area contributed by atoms with Crippen LogP contribution in [-0.2, 0) is 13.0 Å². The Hall–Kier alpha value is -2.79. The van der Waals surface area contributed by atoms with Gasteiger partial charge in [0.25, 0.3) is 5.91 Å². The van der Waals surface area contributed by atoms with E-state index in [0.717, 1.165) is 23.4 Å². The van der Waals surface area contributed by atoms with Gasteiger partial charge in [-0.05, 0) is 48.4 Å². The normalized spacial score (nSPS) is 15.3. The van der Waals surface area contributed by atoms with Crippen molar-refractivity contribution in [1.29, 1.82) is 0 Å². The summed E-state index contributed by atoms with van der Waals surface area (Å²) in [5.74, 6) is 0.814. The highest BCUT2D eigenvalue weighted by atomic mass is 35.5. The van der Waals surface area contributed by atoms with Crippen molar-refractivity contribution in [3.63, 3.8) is 0 Å². The van der Waals surface area contributed by atoms with Gasteiger partial charge in [-0.3, -0.25) is 4.79 Å². The van der Waals surface area contributed by atoms with Crippen LogP contribution in [-0.4, -0.2) is 33.7 Å². The number of hydrogen-bond donors (Lipinski definition) is 0. The molecule has 0 N–H and O–H groups in total. The van der Waals surface area contributed by atoms with E-state index in [1.807, 2.05) is 30.5 Å². The molecule has 2 aromatic carbocycles. The third-order valence-electron chi connectivity index (χ3n) is 4.68. The van der Waals surface area contributed by atoms with Crippen LogP contribution in [0.2, 0.25) is 5.02 Å². The van der Waals surface area contributed by atoms with Gasteiger partial charge in [0.2, 0.25) is 0 Å². The molecule has 1 aliphatic rings. The molecular formula is C21H20ClN3O2. The summed E-state index contributed by atoms with van der Waals surface area (Å²) in [6, 6.07) is 13.3. The van der Waals surface area contributed by atoms with E-state index < -0.39 is 0 Å². The van der Waals surface area contributed by atoms with E-state index in [-0.39, 0.29) is 12.0 Å². The minimum absolute atomic E-state index is 0.126. The van der Waals surface area contributed by atoms with Gasteiger partial charge in [0, 0.05) is 32.4 Å². The second kappa shape index (κ2) is 7.08. The van der Waals surface area contributed by atoms with Crippen LogP contribution in [0.3, 0.4) is 0 Å². The molecule has 3 aromatic rings. The standard InChI is InChI=1S/C21H20ClN3O2/c1-14-10-16-11-15(4-7-20(16)27-14)13-24(2)21(26)18-12-17(5-6-19(18)22)25-9-3-8-23-25/h3-9,11-12,14H,10,13H2,1-2H3/t14-/m0/s1. The molecular weight excluding hydrogens is 362 g/mol. The van der Waals surface area contributed by atoms with Crippen molar-refractivity contribution in [2.75, 3.05) is 7.05 Å². The monoisotopic (exact) mass is 381 g/mol. The quantitative estimate of drug-likeness (QED) is 0.683. The van der Waals surface area contributed by atoms with E-state index in [1.54, 1.807) is 35.0 Å². The summed E-state index contributed by atoms with van der Waals surface area (Å²) in [7, 11) is 1.78. The van der Waals surface area contributed by atoms with E-state index >= 15 is 0 Å². The number of fused-ring (bicyclic) bond motifs is 1. The Balaban J connectivity index is 1.54. The van der Waals surface area contributed by atoms with Gasteiger partial charge in [0.15, 0.2) is 0 Å². The van der Waals surface area contributed by atoms with Crippen LogP contribution in [0.1, 0.15) is 28.4 Å². The van der Waals surface area contributed by atoms with E-state index in [4.69, 9.17) is 16.3 Å². The maximum absolute atomic E-state index is 13.0. The third kappa shape index (κ3) is 3.55. The van der Waals surface area contributed by atoms with E-state index in [9.17, 15) is 4.79 Å². The molecule has 138 valence electrons. The van der Waals surface area contributed by atoms with Crippen molar-refractivity contribution < 1.29 is 9.53 Å². The zero-order valence-electron chi connectivity index (χ0n) is 15.2. The lowest BCUT2D eigenvalue weighted by molar-refractivity contribution is 0.0785. The van der Waals surface area contributed by atoms with Crippen molar-refractivity contribution in [3.05, 3.63) is 76.6 Å². The molecule has 0 fully saturated rings. The van der Waals surface area contributed by atoms with Gasteiger partial charge in [-0.15, -0.1) is 0 Å². The topological polar surface area (TPSA) is 47.4 Å². The molecule has 0 saturated heterocycles. The van der Waals surface area contributed by atoms with Gasteiger partial charge >= 0.3 is 0 Å². The molecule has 1 atom stereocenters. The molecule has 1 aliphatic heterocycles. The fourth-order valence-corrected chi connectivity index (χ4v) is 3.56. The van der Waals surface area contributed by atoms with Gasteiger partial charge in [0.1, 0.15) is 11.9 Å². The molecule has 5 nitrogen and oxygen atoms in total. The zero-order chi connectivity index (χ0) is 19.0. The van der Waals surface area contributed by atoms with Crippen molar-refractivity contribution in [2.24, 2.45) is 0 Å². The Bertz CT molecular complexity index is 985. The largest absolute Gasteiger partial charge is 0.490 e. The van der Waals surface area contributed by atoms with Crippen LogP contribution in [0.4, 0.5) is 0 Å². The number of benzene rings is 2. The van der Waals surface area contributed by atoms with Crippen molar-refractivity contribution in [1.82, 2.24) is 14.7 Å². The summed E-state index contributed by atoms with van der Waals surface area (Å²) >= 11 is 6.30. The summed E-state index contributed by atoms with van der Waals surface area (Å²) in [5.41, 5.74) is 3.52. The number of carbonyl (C=O) groups excluding carboxylic acids is 1. The number of nitrogens with zero attached hydrogens (tertiary/aromatic N) is 3. The smallest absolute Gasteiger partial charge is 0.255 e. The molecule has 0 saturated carbocycles. The minimum atomic E-state index is -0.126. The predicted molar refractivity (Wildman–Crippen MR) is 105 cm³/mol. The predicted octanol–water partition coefficient (Wildman–Crippen LogP) is 4.12. The molecule has 1 aromatic heterocycles. The van der Waals surface area contributed by atoms with E-state index in [2.05, 4.69) is 18.1 Å². The Morgan fingerprint density at radius 1 is 1.33 bits per heavy atom.